The monoisotopic (exact) mass is 352 g/mol. The van der Waals surface area contributed by atoms with Gasteiger partial charge in [0.1, 0.15) is 11.8 Å². The molecule has 0 spiro atoms. The Bertz CT molecular complexity index is 859. The first-order valence-electron chi connectivity index (χ1n) is 8.60. The third kappa shape index (κ3) is 2.08. The Morgan fingerprint density at radius 3 is 2.65 bits per heavy atom. The van der Waals surface area contributed by atoms with Crippen LogP contribution in [0.15, 0.2) is 36.9 Å². The highest BCUT2D eigenvalue weighted by Gasteiger charge is 2.63. The van der Waals surface area contributed by atoms with Gasteiger partial charge >= 0.3 is 0 Å². The van der Waals surface area contributed by atoms with E-state index in [0.29, 0.717) is 0 Å². The summed E-state index contributed by atoms with van der Waals surface area (Å²) in [4.78, 5) is 41.4. The highest BCUT2D eigenvalue weighted by Crippen LogP contribution is 2.48. The number of ketones is 1. The van der Waals surface area contributed by atoms with E-state index >= 15 is 0 Å². The second-order valence-electron chi connectivity index (χ2n) is 6.86. The van der Waals surface area contributed by atoms with Crippen LogP contribution in [0.1, 0.15) is 12.5 Å². The average molecular weight is 352 g/mol. The van der Waals surface area contributed by atoms with Gasteiger partial charge in [-0.05, 0) is 25.1 Å². The quantitative estimate of drug-likeness (QED) is 0.609. The Morgan fingerprint density at radius 1 is 1.27 bits per heavy atom. The van der Waals surface area contributed by atoms with Gasteiger partial charge in [-0.2, -0.15) is 0 Å². The van der Waals surface area contributed by atoms with Crippen molar-refractivity contribution in [1.29, 1.82) is 0 Å². The van der Waals surface area contributed by atoms with Crippen molar-refractivity contribution in [2.75, 3.05) is 18.6 Å². The largest absolute Gasteiger partial charge is 0.497 e. The Kier molecular flexibility index (Phi) is 3.72. The van der Waals surface area contributed by atoms with E-state index in [1.54, 1.807) is 7.11 Å². The van der Waals surface area contributed by atoms with Gasteiger partial charge < -0.3 is 9.64 Å². The van der Waals surface area contributed by atoms with Crippen molar-refractivity contribution in [3.8, 4) is 5.75 Å². The van der Waals surface area contributed by atoms with E-state index in [1.807, 2.05) is 35.3 Å². The number of nitrogens with zero attached hydrogens (tertiary/aromatic N) is 2. The molecule has 0 aromatic heterocycles. The van der Waals surface area contributed by atoms with Gasteiger partial charge in [0.15, 0.2) is 5.78 Å². The molecule has 3 heterocycles. The van der Waals surface area contributed by atoms with Crippen LogP contribution in [0.2, 0.25) is 0 Å². The number of imide groups is 1. The minimum atomic E-state index is -0.650. The number of Topliss-reactive ketones (excluding diaryl/α,β-unsaturated/α-hetero) is 1. The SMILES string of the molecule is C=CCN1C(=O)[C@@H]2C3C=Cc4cc(OC)ccc4N3C(C(C)=O)[C@@H]2C1=O. The summed E-state index contributed by atoms with van der Waals surface area (Å²) < 4.78 is 5.27. The number of fused-ring (bicyclic) bond motifs is 5. The molecule has 2 saturated heterocycles. The van der Waals surface area contributed by atoms with Gasteiger partial charge in [-0.25, -0.2) is 0 Å². The van der Waals surface area contributed by atoms with Crippen molar-refractivity contribution in [1.82, 2.24) is 4.90 Å². The van der Waals surface area contributed by atoms with E-state index < -0.39 is 17.9 Å². The molecule has 2 unspecified atom stereocenters. The minimum absolute atomic E-state index is 0.110. The molecule has 134 valence electrons. The Morgan fingerprint density at radius 2 is 2.00 bits per heavy atom. The lowest BCUT2D eigenvalue weighted by molar-refractivity contribution is -0.140. The number of methoxy groups -OCH3 is 1. The molecule has 1 aromatic carbocycles. The van der Waals surface area contributed by atoms with Gasteiger partial charge in [0, 0.05) is 17.8 Å². The number of carbonyl (C=O) groups excluding carboxylic acids is 3. The van der Waals surface area contributed by atoms with Gasteiger partial charge in [0.05, 0.1) is 25.0 Å². The van der Waals surface area contributed by atoms with Crippen molar-refractivity contribution < 1.29 is 19.1 Å². The van der Waals surface area contributed by atoms with Crippen molar-refractivity contribution >= 4 is 29.4 Å². The second kappa shape index (κ2) is 5.83. The maximum absolute atomic E-state index is 12.9. The van der Waals surface area contributed by atoms with Crippen LogP contribution in [0, 0.1) is 11.8 Å². The Labute approximate surface area is 151 Å². The second-order valence-corrected chi connectivity index (χ2v) is 6.86. The number of carbonyl (C=O) groups is 3. The lowest BCUT2D eigenvalue weighted by Crippen LogP contribution is -2.48. The minimum Gasteiger partial charge on any atom is -0.497 e. The molecule has 0 bridgehead atoms. The van der Waals surface area contributed by atoms with Gasteiger partial charge in [0.25, 0.3) is 0 Å². The van der Waals surface area contributed by atoms with Gasteiger partial charge in [0.2, 0.25) is 11.8 Å². The fraction of sp³-hybridized carbons (Fsp3) is 0.350. The normalized spacial score (nSPS) is 28.7. The fourth-order valence-corrected chi connectivity index (χ4v) is 4.51. The molecule has 4 atom stereocenters. The maximum atomic E-state index is 12.9. The molecule has 2 amide bonds. The topological polar surface area (TPSA) is 66.9 Å². The zero-order valence-corrected chi connectivity index (χ0v) is 14.7. The number of amides is 2. The number of rotatable bonds is 4. The summed E-state index contributed by atoms with van der Waals surface area (Å²) in [5.74, 6) is -1.08. The van der Waals surface area contributed by atoms with Gasteiger partial charge in [-0.15, -0.1) is 6.58 Å². The molecule has 3 aliphatic heterocycles. The first-order chi connectivity index (χ1) is 12.5. The number of ether oxygens (including phenoxy) is 1. The van der Waals surface area contributed by atoms with E-state index in [9.17, 15) is 14.4 Å². The molecular weight excluding hydrogens is 332 g/mol. The van der Waals surface area contributed by atoms with E-state index in [-0.39, 0.29) is 30.2 Å². The van der Waals surface area contributed by atoms with Crippen LogP contribution >= 0.6 is 0 Å². The summed E-state index contributed by atoms with van der Waals surface area (Å²) in [7, 11) is 1.60. The number of hydrogen-bond acceptors (Lipinski definition) is 5. The van der Waals surface area contributed by atoms with E-state index in [4.69, 9.17) is 4.74 Å². The van der Waals surface area contributed by atoms with Gasteiger partial charge in [-0.1, -0.05) is 18.2 Å². The van der Waals surface area contributed by atoms with Crippen LogP contribution in [-0.4, -0.2) is 48.2 Å². The van der Waals surface area contributed by atoms with Gasteiger partial charge in [-0.3, -0.25) is 19.3 Å². The zero-order valence-electron chi connectivity index (χ0n) is 14.7. The molecule has 0 saturated carbocycles. The lowest BCUT2D eigenvalue weighted by atomic mass is 9.88. The predicted octanol–water partition coefficient (Wildman–Crippen LogP) is 1.66. The first-order valence-corrected chi connectivity index (χ1v) is 8.60. The zero-order chi connectivity index (χ0) is 18.6. The number of benzene rings is 1. The van der Waals surface area contributed by atoms with E-state index in [1.165, 1.54) is 17.9 Å². The number of anilines is 1. The van der Waals surface area contributed by atoms with Crippen molar-refractivity contribution in [2.24, 2.45) is 11.8 Å². The first kappa shape index (κ1) is 16.6. The van der Waals surface area contributed by atoms with Crippen molar-refractivity contribution in [3.63, 3.8) is 0 Å². The molecule has 4 rings (SSSR count). The molecule has 0 aliphatic carbocycles. The fourth-order valence-electron chi connectivity index (χ4n) is 4.51. The average Bonchev–Trinajstić information content (AvgIpc) is 3.10. The predicted molar refractivity (Wildman–Crippen MR) is 96.7 cm³/mol. The van der Waals surface area contributed by atoms with E-state index in [2.05, 4.69) is 6.58 Å². The summed E-state index contributed by atoms with van der Waals surface area (Å²) in [5.41, 5.74) is 1.76. The summed E-state index contributed by atoms with van der Waals surface area (Å²) >= 11 is 0. The highest BCUT2D eigenvalue weighted by atomic mass is 16.5. The van der Waals surface area contributed by atoms with Crippen LogP contribution in [0.4, 0.5) is 5.69 Å². The van der Waals surface area contributed by atoms with Crippen LogP contribution in [0.25, 0.3) is 6.08 Å². The number of hydrogen-bond donors (Lipinski definition) is 0. The Hall–Kier alpha value is -2.89. The van der Waals surface area contributed by atoms with Crippen LogP contribution in [-0.2, 0) is 14.4 Å². The van der Waals surface area contributed by atoms with Crippen molar-refractivity contribution in [2.45, 2.75) is 19.0 Å². The highest BCUT2D eigenvalue weighted by molar-refractivity contribution is 6.11. The third-order valence-electron chi connectivity index (χ3n) is 5.53. The smallest absolute Gasteiger partial charge is 0.236 e. The molecule has 6 heteroatoms. The maximum Gasteiger partial charge on any atom is 0.236 e. The Balaban J connectivity index is 1.83. The van der Waals surface area contributed by atoms with Crippen LogP contribution < -0.4 is 9.64 Å². The summed E-state index contributed by atoms with van der Waals surface area (Å²) in [6.07, 6.45) is 5.40. The molecule has 26 heavy (non-hydrogen) atoms. The lowest BCUT2D eigenvalue weighted by Gasteiger charge is -2.36. The molecular formula is C20H20N2O4. The summed E-state index contributed by atoms with van der Waals surface area (Å²) in [5, 5.41) is 0. The van der Waals surface area contributed by atoms with Crippen molar-refractivity contribution in [3.05, 3.63) is 42.5 Å². The molecule has 3 aliphatic rings. The summed E-state index contributed by atoms with van der Waals surface area (Å²) in [6.45, 7) is 5.29. The standard InChI is InChI=1S/C20H20N2O4/c1-4-9-21-19(24)16-15-7-5-12-10-13(26-3)6-8-14(12)22(15)18(11(2)23)17(16)20(21)25/h4-8,10,15-18H,1,9H2,2-3H3/t15?,16-,17-,18?/m1/s1. The number of likely N-dealkylation sites (tertiary alicyclic amines) is 1. The molecule has 1 aromatic rings. The van der Waals surface area contributed by atoms with E-state index in [0.717, 1.165) is 17.0 Å². The third-order valence-corrected chi connectivity index (χ3v) is 5.53. The molecule has 0 radical (unpaired) electrons. The molecule has 2 fully saturated rings. The van der Waals surface area contributed by atoms with Crippen LogP contribution in [0.3, 0.4) is 0 Å². The van der Waals surface area contributed by atoms with Crippen LogP contribution in [0.5, 0.6) is 5.75 Å². The summed E-state index contributed by atoms with van der Waals surface area (Å²) in [6, 6.07) is 4.65. The molecule has 6 nitrogen and oxygen atoms in total. The molecule has 0 N–H and O–H groups in total.